The lowest BCUT2D eigenvalue weighted by atomic mass is 10.1. The van der Waals surface area contributed by atoms with Gasteiger partial charge in [-0.1, -0.05) is 48.0 Å². The van der Waals surface area contributed by atoms with Crippen LogP contribution in [0.25, 0.3) is 0 Å². The quantitative estimate of drug-likeness (QED) is 0.614. The average Bonchev–Trinajstić information content (AvgIpc) is 2.72. The molecule has 0 atom stereocenters. The van der Waals surface area contributed by atoms with Crippen molar-refractivity contribution < 1.29 is 17.6 Å². The van der Waals surface area contributed by atoms with E-state index in [1.807, 2.05) is 26.0 Å². The molecule has 0 saturated heterocycles. The summed E-state index contributed by atoms with van der Waals surface area (Å²) >= 11 is 0. The van der Waals surface area contributed by atoms with Gasteiger partial charge in [-0.3, -0.25) is 4.79 Å². The van der Waals surface area contributed by atoms with E-state index in [0.29, 0.717) is 11.3 Å². The first-order chi connectivity index (χ1) is 14.3. The van der Waals surface area contributed by atoms with E-state index in [9.17, 15) is 17.6 Å². The van der Waals surface area contributed by atoms with Crippen molar-refractivity contribution in [1.29, 1.82) is 0 Å². The van der Waals surface area contributed by atoms with Crippen LogP contribution in [0, 0.1) is 19.7 Å². The number of amides is 1. The molecule has 0 spiro atoms. The van der Waals surface area contributed by atoms with E-state index in [2.05, 4.69) is 5.32 Å². The first-order valence-corrected chi connectivity index (χ1v) is 10.9. The van der Waals surface area contributed by atoms with E-state index in [4.69, 9.17) is 0 Å². The van der Waals surface area contributed by atoms with Crippen LogP contribution in [0.4, 0.5) is 10.1 Å². The Kier molecular flexibility index (Phi) is 6.64. The second kappa shape index (κ2) is 9.19. The number of sulfonamides is 1. The van der Waals surface area contributed by atoms with E-state index in [0.717, 1.165) is 15.4 Å². The van der Waals surface area contributed by atoms with Crippen LogP contribution in [-0.2, 0) is 21.4 Å². The van der Waals surface area contributed by atoms with E-state index in [-0.39, 0.29) is 18.0 Å². The van der Waals surface area contributed by atoms with Gasteiger partial charge in [-0.2, -0.15) is 4.31 Å². The molecule has 0 aliphatic heterocycles. The number of benzene rings is 3. The lowest BCUT2D eigenvalue weighted by molar-refractivity contribution is -0.116. The summed E-state index contributed by atoms with van der Waals surface area (Å²) in [5.74, 6) is -0.868. The maximum atomic E-state index is 13.2. The van der Waals surface area contributed by atoms with Gasteiger partial charge in [0, 0.05) is 12.2 Å². The van der Waals surface area contributed by atoms with Gasteiger partial charge in [0.05, 0.1) is 11.4 Å². The molecule has 7 heteroatoms. The van der Waals surface area contributed by atoms with Gasteiger partial charge in [-0.15, -0.1) is 0 Å². The third-order valence-electron chi connectivity index (χ3n) is 4.63. The summed E-state index contributed by atoms with van der Waals surface area (Å²) < 4.78 is 40.7. The van der Waals surface area contributed by atoms with Crippen molar-refractivity contribution >= 4 is 21.6 Å². The molecule has 0 radical (unpaired) electrons. The number of aryl methyl sites for hydroxylation is 2. The monoisotopic (exact) mass is 426 g/mol. The number of nitrogens with one attached hydrogen (secondary N) is 1. The molecule has 3 aromatic rings. The maximum Gasteiger partial charge on any atom is 0.243 e. The van der Waals surface area contributed by atoms with Crippen LogP contribution in [-0.4, -0.2) is 25.2 Å². The van der Waals surface area contributed by atoms with Crippen LogP contribution >= 0.6 is 0 Å². The molecule has 5 nitrogen and oxygen atoms in total. The Hall–Kier alpha value is -3.03. The van der Waals surface area contributed by atoms with Gasteiger partial charge in [0.2, 0.25) is 15.9 Å². The van der Waals surface area contributed by atoms with Crippen LogP contribution in [0.3, 0.4) is 0 Å². The van der Waals surface area contributed by atoms with Gasteiger partial charge in [-0.25, -0.2) is 12.8 Å². The zero-order valence-electron chi connectivity index (χ0n) is 16.8. The Bertz CT molecular complexity index is 1130. The number of carbonyl (C=O) groups is 1. The molecule has 1 N–H and O–H groups in total. The molecule has 0 bridgehead atoms. The summed E-state index contributed by atoms with van der Waals surface area (Å²) in [4.78, 5) is 12.8. The number of anilines is 1. The van der Waals surface area contributed by atoms with Gasteiger partial charge in [-0.05, 0) is 55.3 Å². The van der Waals surface area contributed by atoms with Crippen molar-refractivity contribution in [3.05, 3.63) is 95.3 Å². The molecular formula is C23H23FN2O3S. The number of hydrogen-bond donors (Lipinski definition) is 1. The Labute approximate surface area is 176 Å². The molecule has 3 rings (SSSR count). The first-order valence-electron chi connectivity index (χ1n) is 9.42. The Morgan fingerprint density at radius 2 is 1.63 bits per heavy atom. The predicted octanol–water partition coefficient (Wildman–Crippen LogP) is 4.27. The third kappa shape index (κ3) is 5.31. The summed E-state index contributed by atoms with van der Waals surface area (Å²) in [6.45, 7) is 3.40. The summed E-state index contributed by atoms with van der Waals surface area (Å²) in [5, 5.41) is 2.78. The molecular weight excluding hydrogens is 403 g/mol. The highest BCUT2D eigenvalue weighted by Crippen LogP contribution is 2.20. The number of nitrogens with zero attached hydrogens (tertiary/aromatic N) is 1. The van der Waals surface area contributed by atoms with Crippen LogP contribution in [0.1, 0.15) is 16.7 Å². The van der Waals surface area contributed by atoms with Crippen molar-refractivity contribution in [3.63, 3.8) is 0 Å². The zero-order valence-corrected chi connectivity index (χ0v) is 17.6. The number of hydrogen-bond acceptors (Lipinski definition) is 3. The van der Waals surface area contributed by atoms with Crippen LogP contribution in [0.15, 0.2) is 77.7 Å². The third-order valence-corrected chi connectivity index (χ3v) is 6.44. The highest BCUT2D eigenvalue weighted by Gasteiger charge is 2.27. The number of halogens is 1. The van der Waals surface area contributed by atoms with E-state index in [1.165, 1.54) is 36.4 Å². The van der Waals surface area contributed by atoms with Gasteiger partial charge >= 0.3 is 0 Å². The number of carbonyl (C=O) groups excluding carboxylic acids is 1. The molecule has 3 aromatic carbocycles. The van der Waals surface area contributed by atoms with Crippen LogP contribution in [0.2, 0.25) is 0 Å². The largest absolute Gasteiger partial charge is 0.325 e. The summed E-state index contributed by atoms with van der Waals surface area (Å²) in [7, 11) is -3.93. The Morgan fingerprint density at radius 3 is 2.27 bits per heavy atom. The van der Waals surface area contributed by atoms with Crippen molar-refractivity contribution in [3.8, 4) is 0 Å². The van der Waals surface area contributed by atoms with Crippen molar-refractivity contribution in [2.45, 2.75) is 25.3 Å². The van der Waals surface area contributed by atoms with Gasteiger partial charge in [0.15, 0.2) is 0 Å². The molecule has 0 unspecified atom stereocenters. The van der Waals surface area contributed by atoms with Gasteiger partial charge in [0.25, 0.3) is 0 Å². The molecule has 0 aliphatic rings. The molecule has 0 fully saturated rings. The molecule has 0 aliphatic carbocycles. The fourth-order valence-corrected chi connectivity index (χ4v) is 4.47. The number of rotatable bonds is 7. The SMILES string of the molecule is Cc1ccc(NC(=O)CN(Cc2ccc(F)cc2)S(=O)(=O)c2ccccc2)c(C)c1. The van der Waals surface area contributed by atoms with Crippen LogP contribution < -0.4 is 5.32 Å². The minimum absolute atomic E-state index is 0.0577. The Balaban J connectivity index is 1.86. The first kappa shape index (κ1) is 21.7. The van der Waals surface area contributed by atoms with Gasteiger partial charge in [0.1, 0.15) is 5.82 Å². The second-order valence-electron chi connectivity index (χ2n) is 7.08. The predicted molar refractivity (Wildman–Crippen MR) is 115 cm³/mol. The zero-order chi connectivity index (χ0) is 21.7. The highest BCUT2D eigenvalue weighted by atomic mass is 32.2. The minimum Gasteiger partial charge on any atom is -0.325 e. The molecule has 1 amide bonds. The smallest absolute Gasteiger partial charge is 0.243 e. The minimum atomic E-state index is -3.93. The highest BCUT2D eigenvalue weighted by molar-refractivity contribution is 7.89. The van der Waals surface area contributed by atoms with Crippen molar-refractivity contribution in [1.82, 2.24) is 4.31 Å². The second-order valence-corrected chi connectivity index (χ2v) is 9.02. The summed E-state index contributed by atoms with van der Waals surface area (Å²) in [5.41, 5.74) is 3.16. The van der Waals surface area contributed by atoms with E-state index >= 15 is 0 Å². The topological polar surface area (TPSA) is 66.5 Å². The lowest BCUT2D eigenvalue weighted by Gasteiger charge is -2.22. The normalized spacial score (nSPS) is 11.5. The standard InChI is InChI=1S/C23H23FN2O3S/c1-17-8-13-22(18(2)14-17)25-23(27)16-26(15-19-9-11-20(24)12-10-19)30(28,29)21-6-4-3-5-7-21/h3-14H,15-16H2,1-2H3,(H,25,27). The lowest BCUT2D eigenvalue weighted by Crippen LogP contribution is -2.37. The summed E-state index contributed by atoms with van der Waals surface area (Å²) in [6, 6.07) is 19.1. The fraction of sp³-hybridized carbons (Fsp3) is 0.174. The Morgan fingerprint density at radius 1 is 0.967 bits per heavy atom. The van der Waals surface area contributed by atoms with Crippen LogP contribution in [0.5, 0.6) is 0 Å². The van der Waals surface area contributed by atoms with Crippen molar-refractivity contribution in [2.75, 3.05) is 11.9 Å². The maximum absolute atomic E-state index is 13.2. The van der Waals surface area contributed by atoms with Crippen molar-refractivity contribution in [2.24, 2.45) is 0 Å². The molecule has 30 heavy (non-hydrogen) atoms. The molecule has 0 saturated carbocycles. The molecule has 156 valence electrons. The van der Waals surface area contributed by atoms with Gasteiger partial charge < -0.3 is 5.32 Å². The summed E-state index contributed by atoms with van der Waals surface area (Å²) in [6.07, 6.45) is 0. The van der Waals surface area contributed by atoms with E-state index < -0.39 is 21.7 Å². The fourth-order valence-electron chi connectivity index (χ4n) is 3.06. The van der Waals surface area contributed by atoms with E-state index in [1.54, 1.807) is 24.3 Å². The molecule has 0 aromatic heterocycles. The molecule has 0 heterocycles. The average molecular weight is 427 g/mol.